The molecule has 6 heteroatoms. The van der Waals surface area contributed by atoms with Gasteiger partial charge in [-0.2, -0.15) is 0 Å². The van der Waals surface area contributed by atoms with E-state index in [1.54, 1.807) is 0 Å². The van der Waals surface area contributed by atoms with Crippen molar-refractivity contribution in [3.8, 4) is 0 Å². The van der Waals surface area contributed by atoms with Gasteiger partial charge in [0.2, 0.25) is 0 Å². The quantitative estimate of drug-likeness (QED) is 0.754. The van der Waals surface area contributed by atoms with Crippen LogP contribution in [0.2, 0.25) is 0 Å². The fraction of sp³-hybridized carbons (Fsp3) is 0.400. The minimum absolute atomic E-state index is 0.238. The minimum Gasteiger partial charge on any atom is -0.388 e. The molecule has 5 nitrogen and oxygen atoms in total. The fourth-order valence-electron chi connectivity index (χ4n) is 2.96. The molecule has 140 valence electrons. The largest absolute Gasteiger partial charge is 0.388 e. The van der Waals surface area contributed by atoms with E-state index < -0.39 is 37.4 Å². The van der Waals surface area contributed by atoms with E-state index in [-0.39, 0.29) is 13.2 Å². The van der Waals surface area contributed by atoms with Gasteiger partial charge in [0.15, 0.2) is 6.29 Å². The molecule has 1 fully saturated rings. The van der Waals surface area contributed by atoms with Crippen LogP contribution in [0.1, 0.15) is 11.1 Å². The normalized spacial score (nSPS) is 26.7. The summed E-state index contributed by atoms with van der Waals surface area (Å²) in [5.74, 6) is 0. The molecule has 1 saturated heterocycles. The number of rotatable bonds is 8. The average molecular weight is 362 g/mol. The molecule has 0 saturated carbocycles. The minimum atomic E-state index is -1.39. The van der Waals surface area contributed by atoms with Gasteiger partial charge in [-0.05, 0) is 11.1 Å². The first-order valence-corrected chi connectivity index (χ1v) is 8.57. The lowest BCUT2D eigenvalue weighted by Crippen LogP contribution is -2.42. The molecule has 5 atom stereocenters. The Morgan fingerprint density at radius 3 is 1.88 bits per heavy atom. The van der Waals surface area contributed by atoms with Crippen LogP contribution in [0, 0.1) is 0 Å². The smallest absolute Gasteiger partial charge is 0.184 e. The van der Waals surface area contributed by atoms with Crippen LogP contribution in [0.15, 0.2) is 60.7 Å². The Bertz CT molecular complexity index is 654. The summed E-state index contributed by atoms with van der Waals surface area (Å²) in [6, 6.07) is 18.9. The van der Waals surface area contributed by atoms with Crippen LogP contribution in [-0.4, -0.2) is 47.6 Å². The summed E-state index contributed by atoms with van der Waals surface area (Å²) in [7, 11) is 0. The highest BCUT2D eigenvalue weighted by atomic mass is 19.1. The zero-order valence-corrected chi connectivity index (χ0v) is 14.3. The first kappa shape index (κ1) is 18.9. The highest BCUT2D eigenvalue weighted by Crippen LogP contribution is 2.29. The van der Waals surface area contributed by atoms with Crippen molar-refractivity contribution in [2.45, 2.75) is 43.9 Å². The summed E-state index contributed by atoms with van der Waals surface area (Å²) in [4.78, 5) is 0. The molecule has 0 amide bonds. The maximum absolute atomic E-state index is 13.0. The highest BCUT2D eigenvalue weighted by Gasteiger charge is 2.48. The van der Waals surface area contributed by atoms with Crippen LogP contribution in [-0.2, 0) is 27.4 Å². The number of hydrogen-bond acceptors (Lipinski definition) is 5. The van der Waals surface area contributed by atoms with Crippen LogP contribution in [0.5, 0.6) is 0 Å². The molecular weight excluding hydrogens is 339 g/mol. The summed E-state index contributed by atoms with van der Waals surface area (Å²) < 4.78 is 30.0. The Morgan fingerprint density at radius 2 is 1.38 bits per heavy atom. The Balaban J connectivity index is 1.69. The molecule has 0 aromatic heterocycles. The van der Waals surface area contributed by atoms with Crippen molar-refractivity contribution in [1.29, 1.82) is 0 Å². The molecule has 1 aliphatic rings. The summed E-state index contributed by atoms with van der Waals surface area (Å²) in [6.45, 7) is -0.508. The van der Waals surface area contributed by atoms with E-state index in [1.807, 2.05) is 60.7 Å². The molecule has 0 spiro atoms. The predicted octanol–water partition coefficient (Wildman–Crippen LogP) is 2.20. The first-order valence-electron chi connectivity index (χ1n) is 8.57. The molecule has 3 rings (SSSR count). The van der Waals surface area contributed by atoms with Crippen LogP contribution < -0.4 is 0 Å². The summed E-state index contributed by atoms with van der Waals surface area (Å²) in [5, 5.41) is 20.1. The SMILES string of the molecule is O[C@H](CF)[C@@H]1O[C@@H](O)[C@H](OCc2ccccc2)[C@H]1OCc1ccccc1. The average Bonchev–Trinajstić information content (AvgIpc) is 3.01. The predicted molar refractivity (Wildman–Crippen MR) is 92.9 cm³/mol. The Kier molecular flexibility index (Phi) is 6.71. The molecule has 0 aliphatic carbocycles. The number of alkyl halides is 1. The maximum atomic E-state index is 13.0. The molecule has 1 heterocycles. The standard InChI is InChI=1S/C20H23FO5/c21-11-16(22)17-18(24-12-14-7-3-1-4-8-14)19(20(23)26-17)25-13-15-9-5-2-6-10-15/h1-10,16-20,22-23H,11-13H2/t16-,17+,18+,19-,20-/m1/s1. The van der Waals surface area contributed by atoms with Crippen molar-refractivity contribution in [1.82, 2.24) is 0 Å². The monoisotopic (exact) mass is 362 g/mol. The van der Waals surface area contributed by atoms with Gasteiger partial charge in [0.05, 0.1) is 13.2 Å². The zero-order valence-electron chi connectivity index (χ0n) is 14.3. The van der Waals surface area contributed by atoms with Crippen LogP contribution in [0.3, 0.4) is 0 Å². The third kappa shape index (κ3) is 4.66. The Hall–Kier alpha value is -1.83. The van der Waals surface area contributed by atoms with Gasteiger partial charge < -0.3 is 24.4 Å². The third-order valence-electron chi connectivity index (χ3n) is 4.33. The Labute approximate surface area is 151 Å². The van der Waals surface area contributed by atoms with E-state index in [1.165, 1.54) is 0 Å². The molecule has 0 radical (unpaired) electrons. The highest BCUT2D eigenvalue weighted by molar-refractivity contribution is 5.14. The third-order valence-corrected chi connectivity index (χ3v) is 4.33. The topological polar surface area (TPSA) is 68.2 Å². The lowest BCUT2D eigenvalue weighted by molar-refractivity contribution is -0.159. The Morgan fingerprint density at radius 1 is 0.885 bits per heavy atom. The van der Waals surface area contributed by atoms with E-state index in [4.69, 9.17) is 14.2 Å². The summed E-state index contributed by atoms with van der Waals surface area (Å²) in [5.41, 5.74) is 1.85. The molecule has 1 aliphatic heterocycles. The number of aliphatic hydroxyl groups is 2. The molecule has 2 N–H and O–H groups in total. The second-order valence-electron chi connectivity index (χ2n) is 6.24. The number of benzene rings is 2. The van der Waals surface area contributed by atoms with Crippen molar-refractivity contribution < 1.29 is 28.8 Å². The second-order valence-corrected chi connectivity index (χ2v) is 6.24. The van der Waals surface area contributed by atoms with Crippen molar-refractivity contribution in [3.63, 3.8) is 0 Å². The van der Waals surface area contributed by atoms with Gasteiger partial charge in [-0.1, -0.05) is 60.7 Å². The number of ether oxygens (including phenoxy) is 3. The van der Waals surface area contributed by atoms with Crippen LogP contribution >= 0.6 is 0 Å². The van der Waals surface area contributed by atoms with Gasteiger partial charge in [0, 0.05) is 0 Å². The molecule has 2 aromatic rings. The zero-order chi connectivity index (χ0) is 18.4. The maximum Gasteiger partial charge on any atom is 0.184 e. The summed E-state index contributed by atoms with van der Waals surface area (Å²) >= 11 is 0. The molecular formula is C20H23FO5. The molecule has 26 heavy (non-hydrogen) atoms. The van der Waals surface area contributed by atoms with Gasteiger partial charge in [0.25, 0.3) is 0 Å². The summed E-state index contributed by atoms with van der Waals surface area (Å²) in [6.07, 6.45) is -5.31. The molecule has 0 bridgehead atoms. The number of halogens is 1. The van der Waals surface area contributed by atoms with Crippen molar-refractivity contribution in [2.75, 3.05) is 6.67 Å². The van der Waals surface area contributed by atoms with Crippen molar-refractivity contribution in [2.24, 2.45) is 0 Å². The van der Waals surface area contributed by atoms with E-state index in [0.29, 0.717) is 0 Å². The van der Waals surface area contributed by atoms with E-state index in [2.05, 4.69) is 0 Å². The number of aliphatic hydroxyl groups excluding tert-OH is 2. The van der Waals surface area contributed by atoms with Gasteiger partial charge >= 0.3 is 0 Å². The van der Waals surface area contributed by atoms with Gasteiger partial charge in [-0.15, -0.1) is 0 Å². The number of hydrogen-bond donors (Lipinski definition) is 2. The van der Waals surface area contributed by atoms with Gasteiger partial charge in [-0.3, -0.25) is 0 Å². The van der Waals surface area contributed by atoms with Crippen molar-refractivity contribution in [3.05, 3.63) is 71.8 Å². The van der Waals surface area contributed by atoms with Crippen LogP contribution in [0.4, 0.5) is 4.39 Å². The first-order chi connectivity index (χ1) is 12.7. The lowest BCUT2D eigenvalue weighted by atomic mass is 10.1. The van der Waals surface area contributed by atoms with E-state index in [9.17, 15) is 14.6 Å². The van der Waals surface area contributed by atoms with Crippen LogP contribution in [0.25, 0.3) is 0 Å². The lowest BCUT2D eigenvalue weighted by Gasteiger charge is -2.25. The van der Waals surface area contributed by atoms with Gasteiger partial charge in [-0.25, -0.2) is 4.39 Å². The fourth-order valence-corrected chi connectivity index (χ4v) is 2.96. The van der Waals surface area contributed by atoms with E-state index in [0.717, 1.165) is 11.1 Å². The molecule has 0 unspecified atom stereocenters. The van der Waals surface area contributed by atoms with E-state index >= 15 is 0 Å². The second kappa shape index (κ2) is 9.21. The van der Waals surface area contributed by atoms with Gasteiger partial charge in [0.1, 0.15) is 31.1 Å². The van der Waals surface area contributed by atoms with Crippen molar-refractivity contribution >= 4 is 0 Å². The molecule has 2 aromatic carbocycles.